The zero-order valence-corrected chi connectivity index (χ0v) is 17.1. The number of benzene rings is 1. The van der Waals surface area contributed by atoms with Crippen LogP contribution >= 0.6 is 0 Å². The Kier molecular flexibility index (Phi) is 5.13. The highest BCUT2D eigenvalue weighted by Gasteiger charge is 2.55. The van der Waals surface area contributed by atoms with Crippen LogP contribution in [0, 0.1) is 5.92 Å². The number of para-hydroxylation sites is 2. The van der Waals surface area contributed by atoms with Gasteiger partial charge >= 0.3 is 6.03 Å². The molecule has 2 aliphatic heterocycles. The van der Waals surface area contributed by atoms with Crippen molar-refractivity contribution < 1.29 is 23.9 Å². The summed E-state index contributed by atoms with van der Waals surface area (Å²) in [5, 5.41) is 5.39. The predicted octanol–water partition coefficient (Wildman–Crippen LogP) is 1.03. The third-order valence-corrected chi connectivity index (χ3v) is 6.41. The number of anilines is 1. The van der Waals surface area contributed by atoms with E-state index in [1.165, 1.54) is 11.9 Å². The van der Waals surface area contributed by atoms with Gasteiger partial charge in [0.15, 0.2) is 6.10 Å². The number of urea groups is 1. The van der Waals surface area contributed by atoms with Gasteiger partial charge in [0, 0.05) is 7.05 Å². The molecule has 30 heavy (non-hydrogen) atoms. The monoisotopic (exact) mass is 414 g/mol. The molecule has 1 saturated carbocycles. The van der Waals surface area contributed by atoms with Crippen LogP contribution in [0.3, 0.4) is 0 Å². The number of fused-ring (bicyclic) bond motifs is 1. The number of nitrogens with one attached hydrogen (secondary N) is 2. The fourth-order valence-electron chi connectivity index (χ4n) is 4.63. The van der Waals surface area contributed by atoms with Crippen molar-refractivity contribution in [1.82, 2.24) is 15.5 Å². The molecule has 9 heteroatoms. The molecule has 0 radical (unpaired) electrons. The van der Waals surface area contributed by atoms with Crippen molar-refractivity contribution in [3.8, 4) is 5.75 Å². The van der Waals surface area contributed by atoms with E-state index in [0.29, 0.717) is 17.9 Å². The van der Waals surface area contributed by atoms with Crippen LogP contribution in [0.25, 0.3) is 0 Å². The normalized spacial score (nSPS) is 28.1. The first-order valence-corrected chi connectivity index (χ1v) is 10.3. The van der Waals surface area contributed by atoms with Gasteiger partial charge in [0.05, 0.1) is 12.2 Å². The average Bonchev–Trinajstić information content (AvgIpc) is 2.99. The summed E-state index contributed by atoms with van der Waals surface area (Å²) in [6.45, 7) is 1.59. The van der Waals surface area contributed by atoms with Crippen molar-refractivity contribution in [3.63, 3.8) is 0 Å². The third-order valence-electron chi connectivity index (χ3n) is 6.41. The zero-order valence-electron chi connectivity index (χ0n) is 17.1. The Bertz CT molecular complexity index is 903. The molecule has 1 aromatic carbocycles. The number of imide groups is 1. The van der Waals surface area contributed by atoms with Gasteiger partial charge in [-0.15, -0.1) is 0 Å². The average molecular weight is 414 g/mol. The van der Waals surface area contributed by atoms with Crippen molar-refractivity contribution in [1.29, 1.82) is 0 Å². The first-order valence-electron chi connectivity index (χ1n) is 10.3. The number of hydrogen-bond donors (Lipinski definition) is 2. The van der Waals surface area contributed by atoms with Gasteiger partial charge in [0.25, 0.3) is 11.8 Å². The second-order valence-corrected chi connectivity index (χ2v) is 8.13. The maximum Gasteiger partial charge on any atom is 0.325 e. The minimum absolute atomic E-state index is 0.000709. The van der Waals surface area contributed by atoms with Crippen molar-refractivity contribution >= 4 is 29.4 Å². The molecule has 1 saturated heterocycles. The standard InChI is InChI=1S/C21H26N4O5/c1-13-7-5-6-10-21(13)19(28)25(20(29)23-21)12-17(26)24-11-16(18(27)22-2)30-15-9-4-3-8-14(15)24/h3-4,8-9,13,16H,5-7,10-12H2,1-2H3,(H,22,27)(H,23,29)/t13-,16-,21-/m1/s1. The van der Waals surface area contributed by atoms with Crippen molar-refractivity contribution in [2.24, 2.45) is 5.92 Å². The lowest BCUT2D eigenvalue weighted by molar-refractivity contribution is -0.137. The molecule has 1 aromatic rings. The molecular formula is C21H26N4O5. The predicted molar refractivity (Wildman–Crippen MR) is 108 cm³/mol. The first-order chi connectivity index (χ1) is 14.4. The quantitative estimate of drug-likeness (QED) is 0.718. The molecule has 9 nitrogen and oxygen atoms in total. The smallest absolute Gasteiger partial charge is 0.325 e. The Morgan fingerprint density at radius 2 is 2.03 bits per heavy atom. The molecule has 2 N–H and O–H groups in total. The maximum atomic E-state index is 13.2. The minimum Gasteiger partial charge on any atom is -0.477 e. The van der Waals surface area contributed by atoms with E-state index in [2.05, 4.69) is 10.6 Å². The molecule has 3 atom stereocenters. The number of likely N-dealkylation sites (N-methyl/N-ethyl adjacent to an activating group) is 1. The van der Waals surface area contributed by atoms with Gasteiger partial charge < -0.3 is 20.3 Å². The van der Waals surface area contributed by atoms with E-state index >= 15 is 0 Å². The van der Waals surface area contributed by atoms with Gasteiger partial charge in [-0.1, -0.05) is 31.9 Å². The van der Waals surface area contributed by atoms with Gasteiger partial charge in [0.1, 0.15) is 17.8 Å². The van der Waals surface area contributed by atoms with Gasteiger partial charge in [-0.2, -0.15) is 0 Å². The summed E-state index contributed by atoms with van der Waals surface area (Å²) in [7, 11) is 1.50. The number of amides is 5. The van der Waals surface area contributed by atoms with E-state index in [4.69, 9.17) is 4.74 Å². The van der Waals surface area contributed by atoms with Crippen LogP contribution in [-0.2, 0) is 14.4 Å². The summed E-state index contributed by atoms with van der Waals surface area (Å²) in [6.07, 6.45) is 2.46. The second-order valence-electron chi connectivity index (χ2n) is 8.13. The van der Waals surface area contributed by atoms with Crippen molar-refractivity contribution in [2.75, 3.05) is 25.0 Å². The summed E-state index contributed by atoms with van der Waals surface area (Å²) in [6, 6.07) is 6.36. The summed E-state index contributed by atoms with van der Waals surface area (Å²) in [5.41, 5.74) is -0.404. The molecule has 1 aliphatic carbocycles. The SMILES string of the molecule is CNC(=O)[C@H]1CN(C(=O)CN2C(=O)N[C@@]3(CCCC[C@H]3C)C2=O)c2ccccc2O1. The number of carbonyl (C=O) groups excluding carboxylic acids is 4. The Morgan fingerprint density at radius 1 is 1.27 bits per heavy atom. The molecule has 2 heterocycles. The molecule has 160 valence electrons. The van der Waals surface area contributed by atoms with Crippen LogP contribution in [0.2, 0.25) is 0 Å². The molecule has 1 spiro atoms. The number of hydrogen-bond acceptors (Lipinski definition) is 5. The van der Waals surface area contributed by atoms with Crippen LogP contribution in [-0.4, -0.2) is 60.4 Å². The lowest BCUT2D eigenvalue weighted by atomic mass is 9.73. The summed E-state index contributed by atoms with van der Waals surface area (Å²) in [5.74, 6) is -0.710. The van der Waals surface area contributed by atoms with E-state index in [1.807, 2.05) is 6.92 Å². The van der Waals surface area contributed by atoms with E-state index in [1.54, 1.807) is 24.3 Å². The highest BCUT2D eigenvalue weighted by atomic mass is 16.5. The molecule has 4 rings (SSSR count). The Morgan fingerprint density at radius 3 is 2.77 bits per heavy atom. The molecule has 2 fully saturated rings. The van der Waals surface area contributed by atoms with Gasteiger partial charge in [-0.3, -0.25) is 19.3 Å². The fourth-order valence-corrected chi connectivity index (χ4v) is 4.63. The number of rotatable bonds is 3. The lowest BCUT2D eigenvalue weighted by Crippen LogP contribution is -2.55. The Labute approximate surface area is 174 Å². The molecule has 5 amide bonds. The van der Waals surface area contributed by atoms with E-state index in [-0.39, 0.29) is 30.8 Å². The van der Waals surface area contributed by atoms with Crippen LogP contribution in [0.4, 0.5) is 10.5 Å². The number of nitrogens with zero attached hydrogens (tertiary/aromatic N) is 2. The zero-order chi connectivity index (χ0) is 21.5. The molecular weight excluding hydrogens is 388 g/mol. The summed E-state index contributed by atoms with van der Waals surface area (Å²) in [4.78, 5) is 53.5. The van der Waals surface area contributed by atoms with Crippen LogP contribution in [0.15, 0.2) is 24.3 Å². The fraction of sp³-hybridized carbons (Fsp3) is 0.524. The van der Waals surface area contributed by atoms with Crippen molar-refractivity contribution in [2.45, 2.75) is 44.2 Å². The Balaban J connectivity index is 1.56. The molecule has 0 unspecified atom stereocenters. The molecule has 0 aromatic heterocycles. The largest absolute Gasteiger partial charge is 0.477 e. The van der Waals surface area contributed by atoms with E-state index in [0.717, 1.165) is 24.2 Å². The molecule has 3 aliphatic rings. The highest BCUT2D eigenvalue weighted by Crippen LogP contribution is 2.38. The summed E-state index contributed by atoms with van der Waals surface area (Å²) >= 11 is 0. The maximum absolute atomic E-state index is 13.2. The number of ether oxygens (including phenoxy) is 1. The summed E-state index contributed by atoms with van der Waals surface area (Å²) < 4.78 is 5.72. The first kappa shape index (κ1) is 20.2. The third kappa shape index (κ3) is 3.18. The second kappa shape index (κ2) is 7.62. The minimum atomic E-state index is -0.914. The Hall–Kier alpha value is -3.10. The van der Waals surface area contributed by atoms with Gasteiger partial charge in [0.2, 0.25) is 5.91 Å². The van der Waals surface area contributed by atoms with Crippen LogP contribution in [0.5, 0.6) is 5.75 Å². The van der Waals surface area contributed by atoms with Crippen molar-refractivity contribution in [3.05, 3.63) is 24.3 Å². The van der Waals surface area contributed by atoms with E-state index in [9.17, 15) is 19.2 Å². The van der Waals surface area contributed by atoms with Gasteiger partial charge in [-0.25, -0.2) is 4.79 Å². The van der Waals surface area contributed by atoms with Crippen LogP contribution in [0.1, 0.15) is 32.6 Å². The lowest BCUT2D eigenvalue weighted by Gasteiger charge is -2.37. The topological polar surface area (TPSA) is 108 Å². The highest BCUT2D eigenvalue weighted by molar-refractivity contribution is 6.11. The van der Waals surface area contributed by atoms with E-state index < -0.39 is 23.6 Å². The van der Waals surface area contributed by atoms with Gasteiger partial charge in [-0.05, 0) is 30.9 Å². The van der Waals surface area contributed by atoms with Crippen LogP contribution < -0.4 is 20.3 Å². The molecule has 0 bridgehead atoms. The number of carbonyl (C=O) groups is 4.